The SMILES string of the molecule is CCCN1CCCCC1C(=O)Nc1ccc(OCC)c(S(=O)(=O)N(CC)CC)c1. The molecule has 0 bridgehead atoms. The van der Waals surface area contributed by atoms with Gasteiger partial charge in [-0.1, -0.05) is 27.2 Å². The van der Waals surface area contributed by atoms with E-state index in [0.717, 1.165) is 38.8 Å². The topological polar surface area (TPSA) is 79.0 Å². The Morgan fingerprint density at radius 1 is 1.21 bits per heavy atom. The van der Waals surface area contributed by atoms with Gasteiger partial charge in [-0.2, -0.15) is 4.31 Å². The molecule has 0 saturated carbocycles. The first kappa shape index (κ1) is 23.6. The van der Waals surface area contributed by atoms with Crippen LogP contribution < -0.4 is 10.1 Å². The van der Waals surface area contributed by atoms with Crippen LogP contribution in [-0.4, -0.2) is 62.4 Å². The van der Waals surface area contributed by atoms with E-state index >= 15 is 0 Å². The monoisotopic (exact) mass is 425 g/mol. The predicted molar refractivity (Wildman–Crippen MR) is 116 cm³/mol. The van der Waals surface area contributed by atoms with Gasteiger partial charge < -0.3 is 10.1 Å². The Hall–Kier alpha value is -1.64. The maximum absolute atomic E-state index is 13.1. The lowest BCUT2D eigenvalue weighted by Crippen LogP contribution is -2.47. The molecule has 164 valence electrons. The maximum Gasteiger partial charge on any atom is 0.246 e. The largest absolute Gasteiger partial charge is 0.492 e. The molecule has 1 fully saturated rings. The number of sulfonamides is 1. The van der Waals surface area contributed by atoms with Crippen molar-refractivity contribution in [1.82, 2.24) is 9.21 Å². The van der Waals surface area contributed by atoms with Gasteiger partial charge in [0.05, 0.1) is 12.6 Å². The van der Waals surface area contributed by atoms with Crippen molar-refractivity contribution >= 4 is 21.6 Å². The summed E-state index contributed by atoms with van der Waals surface area (Å²) in [5, 5.41) is 2.94. The highest BCUT2D eigenvalue weighted by Crippen LogP contribution is 2.30. The van der Waals surface area contributed by atoms with Gasteiger partial charge in [-0.05, 0) is 57.5 Å². The van der Waals surface area contributed by atoms with Gasteiger partial charge in [0, 0.05) is 18.8 Å². The van der Waals surface area contributed by atoms with E-state index < -0.39 is 10.0 Å². The van der Waals surface area contributed by atoms with Gasteiger partial charge in [0.1, 0.15) is 10.6 Å². The number of likely N-dealkylation sites (tertiary alicyclic amines) is 1. The van der Waals surface area contributed by atoms with Crippen molar-refractivity contribution in [3.05, 3.63) is 18.2 Å². The van der Waals surface area contributed by atoms with Crippen molar-refractivity contribution in [2.75, 3.05) is 38.1 Å². The van der Waals surface area contributed by atoms with E-state index in [1.165, 1.54) is 10.4 Å². The first-order chi connectivity index (χ1) is 13.9. The van der Waals surface area contributed by atoms with E-state index in [1.807, 2.05) is 6.92 Å². The molecule has 1 N–H and O–H groups in total. The molecule has 1 unspecified atom stereocenters. The fourth-order valence-corrected chi connectivity index (χ4v) is 5.45. The van der Waals surface area contributed by atoms with Crippen molar-refractivity contribution < 1.29 is 17.9 Å². The Labute approximate surface area is 175 Å². The minimum absolute atomic E-state index is 0.0755. The summed E-state index contributed by atoms with van der Waals surface area (Å²) >= 11 is 0. The number of hydrogen-bond donors (Lipinski definition) is 1. The van der Waals surface area contributed by atoms with Gasteiger partial charge in [-0.25, -0.2) is 8.42 Å². The summed E-state index contributed by atoms with van der Waals surface area (Å²) in [7, 11) is -3.71. The number of rotatable bonds is 10. The molecular formula is C21H35N3O4S. The Bertz CT molecular complexity index is 776. The zero-order valence-electron chi connectivity index (χ0n) is 18.1. The van der Waals surface area contributed by atoms with Crippen molar-refractivity contribution in [2.24, 2.45) is 0 Å². The molecule has 0 radical (unpaired) electrons. The lowest BCUT2D eigenvalue weighted by Gasteiger charge is -2.34. The molecule has 1 heterocycles. The van der Waals surface area contributed by atoms with Crippen LogP contribution in [0.2, 0.25) is 0 Å². The lowest BCUT2D eigenvalue weighted by atomic mass is 10.0. The standard InChI is InChI=1S/C21H35N3O4S/c1-5-14-23-15-10-9-11-18(23)21(25)22-17-12-13-19(28-8-4)20(16-17)29(26,27)24(6-2)7-3/h12-13,16,18H,5-11,14-15H2,1-4H3,(H,22,25). The molecule has 1 saturated heterocycles. The van der Waals surface area contributed by atoms with E-state index in [0.29, 0.717) is 31.1 Å². The highest BCUT2D eigenvalue weighted by Gasteiger charge is 2.29. The van der Waals surface area contributed by atoms with Gasteiger partial charge in [0.25, 0.3) is 0 Å². The average molecular weight is 426 g/mol. The summed E-state index contributed by atoms with van der Waals surface area (Å²) in [6.45, 7) is 10.5. The Morgan fingerprint density at radius 3 is 2.55 bits per heavy atom. The molecule has 0 aromatic heterocycles. The lowest BCUT2D eigenvalue weighted by molar-refractivity contribution is -0.122. The molecule has 29 heavy (non-hydrogen) atoms. The van der Waals surface area contributed by atoms with Crippen LogP contribution in [0.3, 0.4) is 0 Å². The third-order valence-corrected chi connectivity index (χ3v) is 7.33. The van der Waals surface area contributed by atoms with Crippen LogP contribution >= 0.6 is 0 Å². The Kier molecular flexibility index (Phi) is 8.92. The van der Waals surface area contributed by atoms with Crippen molar-refractivity contribution in [1.29, 1.82) is 0 Å². The zero-order valence-corrected chi connectivity index (χ0v) is 18.9. The van der Waals surface area contributed by atoms with Crippen LogP contribution in [0, 0.1) is 0 Å². The van der Waals surface area contributed by atoms with Gasteiger partial charge in [0.2, 0.25) is 15.9 Å². The van der Waals surface area contributed by atoms with E-state index in [9.17, 15) is 13.2 Å². The van der Waals surface area contributed by atoms with E-state index in [1.54, 1.807) is 26.0 Å². The van der Waals surface area contributed by atoms with Crippen molar-refractivity contribution in [3.63, 3.8) is 0 Å². The second-order valence-corrected chi connectivity index (χ2v) is 9.13. The molecule has 1 aliphatic heterocycles. The van der Waals surface area contributed by atoms with Crippen LogP contribution in [0.1, 0.15) is 53.4 Å². The number of carbonyl (C=O) groups is 1. The van der Waals surface area contributed by atoms with Crippen LogP contribution in [0.25, 0.3) is 0 Å². The second-order valence-electron chi connectivity index (χ2n) is 7.22. The molecule has 0 spiro atoms. The number of ether oxygens (including phenoxy) is 1. The van der Waals surface area contributed by atoms with Crippen LogP contribution in [0.4, 0.5) is 5.69 Å². The van der Waals surface area contributed by atoms with Gasteiger partial charge in [0.15, 0.2) is 0 Å². The van der Waals surface area contributed by atoms with Crippen LogP contribution in [-0.2, 0) is 14.8 Å². The minimum Gasteiger partial charge on any atom is -0.492 e. The number of carbonyl (C=O) groups excluding carboxylic acids is 1. The molecule has 1 amide bonds. The molecule has 1 aliphatic rings. The molecular weight excluding hydrogens is 390 g/mol. The number of nitrogens with one attached hydrogen (secondary N) is 1. The minimum atomic E-state index is -3.71. The van der Waals surface area contributed by atoms with Gasteiger partial charge in [-0.3, -0.25) is 9.69 Å². The summed E-state index contributed by atoms with van der Waals surface area (Å²) < 4.78 is 33.1. The predicted octanol–water partition coefficient (Wildman–Crippen LogP) is 3.32. The van der Waals surface area contributed by atoms with E-state index in [4.69, 9.17) is 4.74 Å². The first-order valence-electron chi connectivity index (χ1n) is 10.7. The number of benzene rings is 1. The molecule has 1 atom stereocenters. The number of amides is 1. The van der Waals surface area contributed by atoms with Crippen molar-refractivity contribution in [2.45, 2.75) is 64.3 Å². The maximum atomic E-state index is 13.1. The van der Waals surface area contributed by atoms with Gasteiger partial charge in [-0.15, -0.1) is 0 Å². The van der Waals surface area contributed by atoms with E-state index in [2.05, 4.69) is 17.1 Å². The van der Waals surface area contributed by atoms with Crippen LogP contribution in [0.5, 0.6) is 5.75 Å². The molecule has 8 heteroatoms. The summed E-state index contributed by atoms with van der Waals surface area (Å²) in [5.41, 5.74) is 0.478. The fraction of sp³-hybridized carbons (Fsp3) is 0.667. The highest BCUT2D eigenvalue weighted by molar-refractivity contribution is 7.89. The third-order valence-electron chi connectivity index (χ3n) is 5.26. The third kappa shape index (κ3) is 5.71. The molecule has 2 rings (SSSR count). The summed E-state index contributed by atoms with van der Waals surface area (Å²) in [5.74, 6) is 0.233. The molecule has 1 aromatic carbocycles. The smallest absolute Gasteiger partial charge is 0.246 e. The quantitative estimate of drug-likeness (QED) is 0.622. The summed E-state index contributed by atoms with van der Waals surface area (Å²) in [4.78, 5) is 15.2. The Balaban J connectivity index is 2.31. The zero-order chi connectivity index (χ0) is 21.4. The van der Waals surface area contributed by atoms with Crippen LogP contribution in [0.15, 0.2) is 23.1 Å². The summed E-state index contributed by atoms with van der Waals surface area (Å²) in [6.07, 6.45) is 3.97. The first-order valence-corrected chi connectivity index (χ1v) is 12.1. The van der Waals surface area contributed by atoms with E-state index in [-0.39, 0.29) is 16.8 Å². The number of nitrogens with zero attached hydrogens (tertiary/aromatic N) is 2. The van der Waals surface area contributed by atoms with Gasteiger partial charge >= 0.3 is 0 Å². The Morgan fingerprint density at radius 2 is 1.93 bits per heavy atom. The van der Waals surface area contributed by atoms with Crippen molar-refractivity contribution in [3.8, 4) is 5.75 Å². The number of piperidine rings is 1. The number of hydrogen-bond acceptors (Lipinski definition) is 5. The second kappa shape index (κ2) is 10.9. The molecule has 1 aromatic rings. The number of anilines is 1. The average Bonchev–Trinajstić information content (AvgIpc) is 2.70. The molecule has 0 aliphatic carbocycles. The molecule has 7 nitrogen and oxygen atoms in total. The normalized spacial score (nSPS) is 18.0. The fourth-order valence-electron chi connectivity index (χ4n) is 3.83. The summed E-state index contributed by atoms with van der Waals surface area (Å²) in [6, 6.07) is 4.68. The highest BCUT2D eigenvalue weighted by atomic mass is 32.2.